The summed E-state index contributed by atoms with van der Waals surface area (Å²) < 4.78 is 21.9. The quantitative estimate of drug-likeness (QED) is 0.356. The highest BCUT2D eigenvalue weighted by Gasteiger charge is 2.36. The SMILES string of the molecule is Cc1cn2cc(NC(=O)c3ccc(N4C[C@@H](C)N(C(=O)OC(C)(C)C)[C@@H](C)C4)c4nc(C)c(C)nc34)cc(F)c2n1. The van der Waals surface area contributed by atoms with E-state index in [2.05, 4.69) is 15.2 Å². The molecule has 4 heterocycles. The summed E-state index contributed by atoms with van der Waals surface area (Å²) in [5.41, 5.74) is 4.26. The molecule has 41 heavy (non-hydrogen) atoms. The predicted molar refractivity (Wildman–Crippen MR) is 156 cm³/mol. The van der Waals surface area contributed by atoms with Gasteiger partial charge in [-0.1, -0.05) is 0 Å². The van der Waals surface area contributed by atoms with Gasteiger partial charge in [-0.05, 0) is 67.5 Å². The number of hydrogen-bond acceptors (Lipinski definition) is 7. The molecular formula is C30H36FN7O3. The summed E-state index contributed by atoms with van der Waals surface area (Å²) in [4.78, 5) is 44.2. The van der Waals surface area contributed by atoms with Crippen molar-refractivity contribution in [1.82, 2.24) is 24.3 Å². The number of hydrogen-bond donors (Lipinski definition) is 1. The summed E-state index contributed by atoms with van der Waals surface area (Å²) in [6.45, 7) is 16.2. The second kappa shape index (κ2) is 10.3. The Balaban J connectivity index is 1.48. The van der Waals surface area contributed by atoms with Crippen LogP contribution in [0.25, 0.3) is 16.7 Å². The minimum Gasteiger partial charge on any atom is -0.444 e. The van der Waals surface area contributed by atoms with Crippen molar-refractivity contribution < 1.29 is 18.7 Å². The zero-order valence-electron chi connectivity index (χ0n) is 24.7. The second-order valence-electron chi connectivity index (χ2n) is 11.9. The Bertz CT molecular complexity index is 1660. The molecule has 1 N–H and O–H groups in total. The fourth-order valence-corrected chi connectivity index (χ4v) is 5.37. The molecule has 0 spiro atoms. The number of rotatable bonds is 3. The Hall–Kier alpha value is -4.28. The molecule has 1 aliphatic heterocycles. The van der Waals surface area contributed by atoms with Crippen LogP contribution in [0.5, 0.6) is 0 Å². The number of aromatic nitrogens is 4. The van der Waals surface area contributed by atoms with Crippen LogP contribution in [-0.2, 0) is 4.74 Å². The highest BCUT2D eigenvalue weighted by molar-refractivity contribution is 6.13. The average molecular weight is 562 g/mol. The largest absolute Gasteiger partial charge is 0.444 e. The van der Waals surface area contributed by atoms with Gasteiger partial charge in [0.15, 0.2) is 11.5 Å². The summed E-state index contributed by atoms with van der Waals surface area (Å²) in [5.74, 6) is -0.956. The fraction of sp³-hybridized carbons (Fsp3) is 0.433. The molecule has 11 heteroatoms. The summed E-state index contributed by atoms with van der Waals surface area (Å²) in [5, 5.41) is 2.81. The number of benzene rings is 1. The van der Waals surface area contributed by atoms with E-state index in [1.165, 1.54) is 6.07 Å². The third kappa shape index (κ3) is 5.53. The number of anilines is 2. The first-order chi connectivity index (χ1) is 19.2. The molecule has 1 aliphatic rings. The van der Waals surface area contributed by atoms with E-state index in [1.807, 2.05) is 54.5 Å². The van der Waals surface area contributed by atoms with Gasteiger partial charge in [0, 0.05) is 31.5 Å². The van der Waals surface area contributed by atoms with Crippen molar-refractivity contribution in [3.63, 3.8) is 0 Å². The van der Waals surface area contributed by atoms with Crippen molar-refractivity contribution in [3.05, 3.63) is 59.1 Å². The van der Waals surface area contributed by atoms with E-state index in [4.69, 9.17) is 14.7 Å². The van der Waals surface area contributed by atoms with Gasteiger partial charge in [0.25, 0.3) is 5.91 Å². The Morgan fingerprint density at radius 2 is 1.61 bits per heavy atom. The molecule has 0 bridgehead atoms. The summed E-state index contributed by atoms with van der Waals surface area (Å²) in [6.07, 6.45) is 2.99. The highest BCUT2D eigenvalue weighted by atomic mass is 19.1. The molecule has 0 radical (unpaired) electrons. The van der Waals surface area contributed by atoms with Crippen molar-refractivity contribution in [1.29, 1.82) is 0 Å². The summed E-state index contributed by atoms with van der Waals surface area (Å²) in [7, 11) is 0. The minimum atomic E-state index is -0.583. The van der Waals surface area contributed by atoms with E-state index in [0.29, 0.717) is 46.8 Å². The van der Waals surface area contributed by atoms with Gasteiger partial charge in [-0.25, -0.2) is 24.1 Å². The zero-order valence-corrected chi connectivity index (χ0v) is 24.7. The van der Waals surface area contributed by atoms with Crippen LogP contribution in [0.4, 0.5) is 20.6 Å². The maximum Gasteiger partial charge on any atom is 0.410 e. The van der Waals surface area contributed by atoms with Crippen LogP contribution in [0.1, 0.15) is 62.1 Å². The first-order valence-corrected chi connectivity index (χ1v) is 13.7. The van der Waals surface area contributed by atoms with Crippen LogP contribution in [0.2, 0.25) is 0 Å². The first kappa shape index (κ1) is 28.3. The Kier molecular flexibility index (Phi) is 7.08. The lowest BCUT2D eigenvalue weighted by Gasteiger charge is -2.45. The normalized spacial score (nSPS) is 17.8. The third-order valence-electron chi connectivity index (χ3n) is 7.21. The van der Waals surface area contributed by atoms with Gasteiger partial charge >= 0.3 is 6.09 Å². The number of imidazole rings is 1. The van der Waals surface area contributed by atoms with Gasteiger partial charge < -0.3 is 19.4 Å². The van der Waals surface area contributed by atoms with Gasteiger partial charge in [-0.2, -0.15) is 0 Å². The predicted octanol–water partition coefficient (Wildman–Crippen LogP) is 5.43. The molecule has 216 valence electrons. The molecule has 1 saturated heterocycles. The van der Waals surface area contributed by atoms with E-state index in [1.54, 1.807) is 34.7 Å². The van der Waals surface area contributed by atoms with Gasteiger partial charge in [0.05, 0.1) is 46.1 Å². The van der Waals surface area contributed by atoms with Crippen molar-refractivity contribution in [3.8, 4) is 0 Å². The highest BCUT2D eigenvalue weighted by Crippen LogP contribution is 2.32. The van der Waals surface area contributed by atoms with Crippen molar-refractivity contribution >= 4 is 40.1 Å². The van der Waals surface area contributed by atoms with Crippen molar-refractivity contribution in [2.75, 3.05) is 23.3 Å². The molecule has 1 aromatic carbocycles. The lowest BCUT2D eigenvalue weighted by Crippen LogP contribution is -2.59. The van der Waals surface area contributed by atoms with E-state index in [9.17, 15) is 14.0 Å². The smallest absolute Gasteiger partial charge is 0.410 e. The number of pyridine rings is 1. The number of carbonyl (C=O) groups is 2. The van der Waals surface area contributed by atoms with Gasteiger partial charge in [0.1, 0.15) is 16.6 Å². The number of piperazine rings is 1. The molecule has 4 aromatic rings. The number of ether oxygens (including phenoxy) is 1. The van der Waals surface area contributed by atoms with E-state index < -0.39 is 17.3 Å². The van der Waals surface area contributed by atoms with Crippen LogP contribution >= 0.6 is 0 Å². The molecule has 10 nitrogen and oxygen atoms in total. The third-order valence-corrected chi connectivity index (χ3v) is 7.21. The van der Waals surface area contributed by atoms with Crippen LogP contribution < -0.4 is 10.2 Å². The monoisotopic (exact) mass is 561 g/mol. The first-order valence-electron chi connectivity index (χ1n) is 13.7. The number of nitrogens with zero attached hydrogens (tertiary/aromatic N) is 6. The van der Waals surface area contributed by atoms with Gasteiger partial charge in [0.2, 0.25) is 0 Å². The van der Waals surface area contributed by atoms with E-state index in [-0.39, 0.29) is 23.8 Å². The van der Waals surface area contributed by atoms with Crippen molar-refractivity contribution in [2.45, 2.75) is 73.1 Å². The maximum atomic E-state index is 14.6. The molecule has 3 aromatic heterocycles. The standard InChI is InChI=1S/C30H36FN7O3/c1-16-12-37-15-21(11-23(31)27(37)32-16)35-28(39)22-9-10-24(26-25(22)33-19(4)20(5)34-26)36-13-17(2)38(18(3)14-36)29(40)41-30(6,7)8/h9-12,15,17-18H,13-14H2,1-8H3,(H,35,39)/t17-,18+. The molecule has 2 amide bonds. The summed E-state index contributed by atoms with van der Waals surface area (Å²) >= 11 is 0. The molecule has 0 unspecified atom stereocenters. The van der Waals surface area contributed by atoms with Gasteiger partial charge in [-0.3, -0.25) is 9.69 Å². The number of halogens is 1. The molecular weight excluding hydrogens is 525 g/mol. The Morgan fingerprint density at radius 1 is 0.976 bits per heavy atom. The number of nitrogens with one attached hydrogen (secondary N) is 1. The number of amides is 2. The number of aryl methyl sites for hydroxylation is 3. The Morgan fingerprint density at radius 3 is 2.24 bits per heavy atom. The lowest BCUT2D eigenvalue weighted by molar-refractivity contribution is 0.00566. The zero-order chi connectivity index (χ0) is 29.8. The fourth-order valence-electron chi connectivity index (χ4n) is 5.37. The van der Waals surface area contributed by atoms with Gasteiger partial charge in [-0.15, -0.1) is 0 Å². The summed E-state index contributed by atoms with van der Waals surface area (Å²) in [6, 6.07) is 4.60. The van der Waals surface area contributed by atoms with Crippen LogP contribution in [0.15, 0.2) is 30.6 Å². The number of carbonyl (C=O) groups excluding carboxylic acids is 2. The van der Waals surface area contributed by atoms with Crippen LogP contribution in [-0.4, -0.2) is 67.0 Å². The van der Waals surface area contributed by atoms with Crippen molar-refractivity contribution in [2.24, 2.45) is 0 Å². The minimum absolute atomic E-state index is 0.122. The molecule has 0 aliphatic carbocycles. The molecule has 5 rings (SSSR count). The Labute approximate surface area is 238 Å². The second-order valence-corrected chi connectivity index (χ2v) is 11.9. The topological polar surface area (TPSA) is 105 Å². The average Bonchev–Trinajstić information content (AvgIpc) is 3.23. The molecule has 1 fully saturated rings. The lowest BCUT2D eigenvalue weighted by atomic mass is 10.0. The molecule has 0 saturated carbocycles. The van der Waals surface area contributed by atoms with Crippen LogP contribution in [0, 0.1) is 26.6 Å². The maximum absolute atomic E-state index is 14.6. The molecule has 2 atom stereocenters. The van der Waals surface area contributed by atoms with E-state index in [0.717, 1.165) is 11.4 Å². The van der Waals surface area contributed by atoms with Crippen LogP contribution in [0.3, 0.4) is 0 Å². The van der Waals surface area contributed by atoms with E-state index >= 15 is 0 Å². The number of fused-ring (bicyclic) bond motifs is 2.